The first-order chi connectivity index (χ1) is 22.0. The van der Waals surface area contributed by atoms with Crippen molar-refractivity contribution < 1.29 is 28.6 Å². The summed E-state index contributed by atoms with van der Waals surface area (Å²) in [4.78, 5) is 57.0. The quantitative estimate of drug-likeness (QED) is 0.0907. The second-order valence-corrected chi connectivity index (χ2v) is 15.3. The molecule has 0 saturated heterocycles. The van der Waals surface area contributed by atoms with E-state index in [0.29, 0.717) is 53.8 Å². The molecule has 1 atom stereocenters. The smallest absolute Gasteiger partial charge is 0.269 e. The number of anilines is 2. The molecule has 47 heavy (non-hydrogen) atoms. The number of carbonyl (C=O) groups is 4. The topological polar surface area (TPSA) is 178 Å². The van der Waals surface area contributed by atoms with Gasteiger partial charge in [-0.15, -0.1) is 0 Å². The molecule has 4 amide bonds. The third-order valence-corrected chi connectivity index (χ3v) is 8.54. The van der Waals surface area contributed by atoms with Crippen LogP contribution in [0, 0.1) is 11.8 Å². The minimum atomic E-state index is -3.37. The summed E-state index contributed by atoms with van der Waals surface area (Å²) in [5.74, 6) is 0.154. The van der Waals surface area contributed by atoms with Gasteiger partial charge in [0.25, 0.3) is 19.3 Å². The van der Waals surface area contributed by atoms with Crippen LogP contribution in [0.4, 0.5) is 11.4 Å². The van der Waals surface area contributed by atoms with Crippen molar-refractivity contribution in [3.05, 3.63) is 59.7 Å². The standard InChI is InChI=1S/C17H28N3O4P.C17H27N3O2/c1-12(2)11-16(21)20-15-7-5-14(6-8-15)17(22)18-9-10-19-25(23,24)13(3)4;1-12(2)11-16(21)20-15-7-5-14(6-8-15)17(22)19-10-9-18-13(3)4/h5-8,12-13H,9-11H2,1-4H3,(H,18,22)(H,20,21)(H2,19,23,24);5-8,12-13,18H,9-11H2,1-4H3,(H,19,22)(H,20,21). The molecule has 13 heteroatoms. The maximum Gasteiger partial charge on any atom is 0.269 e. The normalized spacial score (nSPS) is 12.3. The lowest BCUT2D eigenvalue weighted by Crippen LogP contribution is -2.34. The minimum Gasteiger partial charge on any atom is -0.351 e. The molecule has 0 bridgehead atoms. The van der Waals surface area contributed by atoms with Gasteiger partial charge in [-0.1, -0.05) is 55.4 Å². The van der Waals surface area contributed by atoms with Crippen molar-refractivity contribution in [1.82, 2.24) is 21.0 Å². The fourth-order valence-corrected chi connectivity index (χ4v) is 4.69. The summed E-state index contributed by atoms with van der Waals surface area (Å²) in [5.41, 5.74) is 2.02. The molecule has 0 aliphatic rings. The number of carbonyl (C=O) groups excluding carboxylic acids is 4. The van der Waals surface area contributed by atoms with E-state index in [9.17, 15) is 28.6 Å². The van der Waals surface area contributed by atoms with Crippen molar-refractivity contribution >= 4 is 42.5 Å². The second kappa shape index (κ2) is 21.3. The third kappa shape index (κ3) is 18.4. The maximum atomic E-state index is 12.0. The molecule has 0 radical (unpaired) electrons. The van der Waals surface area contributed by atoms with E-state index in [1.54, 1.807) is 62.4 Å². The van der Waals surface area contributed by atoms with Crippen LogP contribution in [0.15, 0.2) is 48.5 Å². The molecule has 0 aliphatic carbocycles. The predicted octanol–water partition coefficient (Wildman–Crippen LogP) is 4.98. The fourth-order valence-electron chi connectivity index (χ4n) is 3.89. The minimum absolute atomic E-state index is 0.00744. The summed E-state index contributed by atoms with van der Waals surface area (Å²) in [5, 5.41) is 16.9. The van der Waals surface area contributed by atoms with E-state index >= 15 is 0 Å². The zero-order chi connectivity index (χ0) is 35.6. The van der Waals surface area contributed by atoms with Crippen molar-refractivity contribution in [2.24, 2.45) is 11.8 Å². The monoisotopic (exact) mass is 674 g/mol. The number of nitrogens with one attached hydrogen (secondary N) is 6. The third-order valence-electron chi connectivity index (χ3n) is 6.46. The van der Waals surface area contributed by atoms with Gasteiger partial charge in [-0.3, -0.25) is 23.7 Å². The number of benzene rings is 2. The number of rotatable bonds is 17. The van der Waals surface area contributed by atoms with Crippen LogP contribution in [0.2, 0.25) is 0 Å². The molecule has 2 aromatic rings. The van der Waals surface area contributed by atoms with Gasteiger partial charge in [-0.05, 0) is 60.4 Å². The van der Waals surface area contributed by atoms with Crippen LogP contribution in [-0.4, -0.2) is 66.4 Å². The Labute approximate surface area is 280 Å². The molecule has 0 saturated carbocycles. The number of hydrogen-bond acceptors (Lipinski definition) is 6. The molecule has 262 valence electrons. The Bertz CT molecular complexity index is 1310. The fraction of sp³-hybridized carbons (Fsp3) is 0.529. The molecular formula is C34H55N6O6P. The lowest BCUT2D eigenvalue weighted by molar-refractivity contribution is -0.117. The lowest BCUT2D eigenvalue weighted by atomic mass is 10.1. The summed E-state index contributed by atoms with van der Waals surface area (Å²) < 4.78 is 11.7. The van der Waals surface area contributed by atoms with Crippen molar-refractivity contribution in [3.8, 4) is 0 Å². The Morgan fingerprint density at radius 2 is 1.00 bits per heavy atom. The first-order valence-corrected chi connectivity index (χ1v) is 17.9. The van der Waals surface area contributed by atoms with Gasteiger partial charge in [0, 0.05) is 73.2 Å². The summed E-state index contributed by atoms with van der Waals surface area (Å²) in [7, 11) is -3.37. The number of hydrogen-bond donors (Lipinski definition) is 7. The maximum absolute atomic E-state index is 12.0. The zero-order valence-corrected chi connectivity index (χ0v) is 30.0. The first-order valence-electron chi connectivity index (χ1n) is 16.2. The largest absolute Gasteiger partial charge is 0.351 e. The Hall–Kier alpha value is -3.57. The number of amides is 4. The Kier molecular flexibility index (Phi) is 18.8. The Morgan fingerprint density at radius 3 is 1.34 bits per heavy atom. The van der Waals surface area contributed by atoms with Gasteiger partial charge in [0.15, 0.2) is 0 Å². The second-order valence-electron chi connectivity index (χ2n) is 12.7. The van der Waals surface area contributed by atoms with Crippen LogP contribution >= 0.6 is 7.52 Å². The van der Waals surface area contributed by atoms with Crippen LogP contribution in [0.25, 0.3) is 0 Å². The van der Waals surface area contributed by atoms with Crippen LogP contribution in [0.1, 0.15) is 88.9 Å². The highest BCUT2D eigenvalue weighted by atomic mass is 31.2. The van der Waals surface area contributed by atoms with E-state index in [0.717, 1.165) is 6.54 Å². The molecule has 0 aromatic heterocycles. The van der Waals surface area contributed by atoms with E-state index in [-0.39, 0.29) is 48.3 Å². The van der Waals surface area contributed by atoms with Gasteiger partial charge in [0.05, 0.1) is 0 Å². The van der Waals surface area contributed by atoms with Gasteiger partial charge in [0.1, 0.15) is 0 Å². The molecule has 0 spiro atoms. The van der Waals surface area contributed by atoms with Crippen molar-refractivity contribution in [3.63, 3.8) is 0 Å². The molecule has 0 heterocycles. The van der Waals surface area contributed by atoms with Crippen LogP contribution in [0.3, 0.4) is 0 Å². The van der Waals surface area contributed by atoms with E-state index < -0.39 is 7.52 Å². The van der Waals surface area contributed by atoms with Gasteiger partial charge < -0.3 is 31.5 Å². The summed E-state index contributed by atoms with van der Waals surface area (Å²) in [6.07, 6.45) is 0.936. The lowest BCUT2D eigenvalue weighted by Gasteiger charge is -2.16. The Balaban J connectivity index is 0.000000474. The molecule has 0 aliphatic heterocycles. The average Bonchev–Trinajstić information content (AvgIpc) is 2.97. The van der Waals surface area contributed by atoms with Gasteiger partial charge in [-0.25, -0.2) is 5.09 Å². The summed E-state index contributed by atoms with van der Waals surface area (Å²) in [6.45, 7) is 17.2. The molecule has 7 N–H and O–H groups in total. The SMILES string of the molecule is CC(C)CC(=O)Nc1ccc(C(=O)NCCNC(C)C)cc1.CC(C)CC(=O)Nc1ccc(C(=O)NCCNP(=O)(O)C(C)C)cc1. The van der Waals surface area contributed by atoms with Gasteiger partial charge >= 0.3 is 0 Å². The predicted molar refractivity (Wildman–Crippen MR) is 190 cm³/mol. The van der Waals surface area contributed by atoms with Gasteiger partial charge in [0.2, 0.25) is 11.8 Å². The Morgan fingerprint density at radius 1 is 0.617 bits per heavy atom. The molecular weight excluding hydrogens is 619 g/mol. The van der Waals surface area contributed by atoms with Crippen LogP contribution in [-0.2, 0) is 14.2 Å². The van der Waals surface area contributed by atoms with Gasteiger partial charge in [-0.2, -0.15) is 0 Å². The average molecular weight is 675 g/mol. The molecule has 0 fully saturated rings. The van der Waals surface area contributed by atoms with Crippen molar-refractivity contribution in [1.29, 1.82) is 0 Å². The zero-order valence-electron chi connectivity index (χ0n) is 29.1. The first kappa shape index (κ1) is 41.5. The van der Waals surface area contributed by atoms with Crippen molar-refractivity contribution in [2.75, 3.05) is 36.8 Å². The van der Waals surface area contributed by atoms with Crippen LogP contribution in [0.5, 0.6) is 0 Å². The van der Waals surface area contributed by atoms with Crippen molar-refractivity contribution in [2.45, 2.75) is 79.9 Å². The van der Waals surface area contributed by atoms with E-state index in [1.165, 1.54) is 0 Å². The molecule has 2 rings (SSSR count). The van der Waals surface area contributed by atoms with E-state index in [2.05, 4.69) is 45.5 Å². The van der Waals surface area contributed by atoms with E-state index in [1.807, 2.05) is 27.7 Å². The highest BCUT2D eigenvalue weighted by molar-refractivity contribution is 7.56. The summed E-state index contributed by atoms with van der Waals surface area (Å²) >= 11 is 0. The highest BCUT2D eigenvalue weighted by Crippen LogP contribution is 2.40. The molecule has 2 aromatic carbocycles. The van der Waals surface area contributed by atoms with Crippen LogP contribution < -0.4 is 31.7 Å². The summed E-state index contributed by atoms with van der Waals surface area (Å²) in [6, 6.07) is 13.9. The molecule has 12 nitrogen and oxygen atoms in total. The highest BCUT2D eigenvalue weighted by Gasteiger charge is 2.21. The van der Waals surface area contributed by atoms with E-state index in [4.69, 9.17) is 0 Å². The molecule has 1 unspecified atom stereocenters.